The molecule has 0 spiro atoms. The minimum Gasteiger partial charge on any atom is -0.396 e. The largest absolute Gasteiger partial charge is 0.396 e. The van der Waals surface area contributed by atoms with Crippen LogP contribution in [0.15, 0.2) is 42.7 Å². The number of nitrogens with zero attached hydrogens (tertiary/aromatic N) is 2. The Labute approximate surface area is 155 Å². The van der Waals surface area contributed by atoms with Gasteiger partial charge in [0, 0.05) is 18.0 Å². The van der Waals surface area contributed by atoms with E-state index in [0.717, 1.165) is 33.5 Å². The molecule has 0 amide bonds. The summed E-state index contributed by atoms with van der Waals surface area (Å²) in [5.74, 6) is 0.691. The van der Waals surface area contributed by atoms with Crippen LogP contribution in [0.25, 0.3) is 20.7 Å². The quantitative estimate of drug-likeness (QED) is 0.288. The number of aliphatic hydroxyl groups is 1. The smallest absolute Gasteiger partial charge is 0.185 e. The molecule has 3 aromatic rings. The van der Waals surface area contributed by atoms with Crippen molar-refractivity contribution >= 4 is 44.7 Å². The molecule has 8 heteroatoms. The van der Waals surface area contributed by atoms with E-state index in [-0.39, 0.29) is 6.61 Å². The summed E-state index contributed by atoms with van der Waals surface area (Å²) >= 11 is 6.85. The zero-order chi connectivity index (χ0) is 17.5. The number of hydrogen-bond donors (Lipinski definition) is 4. The average Bonchev–Trinajstić information content (AvgIpc) is 3.09. The van der Waals surface area contributed by atoms with Crippen LogP contribution in [0.2, 0.25) is 0 Å². The third-order valence-corrected chi connectivity index (χ3v) is 4.96. The van der Waals surface area contributed by atoms with E-state index < -0.39 is 0 Å². The Kier molecular flexibility index (Phi) is 6.10. The van der Waals surface area contributed by atoms with Gasteiger partial charge >= 0.3 is 0 Å². The highest BCUT2D eigenvalue weighted by atomic mass is 32.1. The first kappa shape index (κ1) is 17.5. The Morgan fingerprint density at radius 2 is 2.00 bits per heavy atom. The van der Waals surface area contributed by atoms with E-state index in [1.54, 1.807) is 11.3 Å². The number of fused-ring (bicyclic) bond motifs is 1. The van der Waals surface area contributed by atoms with Gasteiger partial charge in [-0.25, -0.2) is 9.97 Å². The fourth-order valence-corrected chi connectivity index (χ4v) is 3.50. The highest BCUT2D eigenvalue weighted by Gasteiger charge is 2.10. The molecule has 0 radical (unpaired) electrons. The number of rotatable bonds is 7. The molecule has 0 saturated heterocycles. The van der Waals surface area contributed by atoms with Crippen LogP contribution in [-0.2, 0) is 0 Å². The molecule has 6 nitrogen and oxygen atoms in total. The lowest BCUT2D eigenvalue weighted by atomic mass is 10.2. The number of nitrogens with one attached hydrogen (secondary N) is 3. The Balaban J connectivity index is 1.68. The van der Waals surface area contributed by atoms with Crippen LogP contribution in [0.4, 0.5) is 5.82 Å². The van der Waals surface area contributed by atoms with Gasteiger partial charge in [0.15, 0.2) is 10.9 Å². The number of aliphatic hydroxyl groups excluding tert-OH is 1. The van der Waals surface area contributed by atoms with Gasteiger partial charge in [-0.3, -0.25) is 10.9 Å². The van der Waals surface area contributed by atoms with Crippen molar-refractivity contribution in [3.05, 3.63) is 42.7 Å². The first-order valence-corrected chi connectivity index (χ1v) is 9.21. The van der Waals surface area contributed by atoms with Crippen LogP contribution in [0, 0.1) is 0 Å². The highest BCUT2D eigenvalue weighted by molar-refractivity contribution is 7.80. The number of benzene rings is 1. The molecule has 25 heavy (non-hydrogen) atoms. The number of anilines is 1. The van der Waals surface area contributed by atoms with Gasteiger partial charge in [-0.2, -0.15) is 0 Å². The molecule has 3 rings (SSSR count). The minimum atomic E-state index is 0.196. The molecule has 0 fully saturated rings. The van der Waals surface area contributed by atoms with E-state index in [1.165, 1.54) is 6.33 Å². The van der Waals surface area contributed by atoms with Crippen LogP contribution in [0.1, 0.15) is 12.8 Å². The average molecular weight is 374 g/mol. The normalized spacial score (nSPS) is 10.6. The number of thiocarbonyl (C=S) groups is 1. The van der Waals surface area contributed by atoms with Crippen molar-refractivity contribution in [2.75, 3.05) is 18.6 Å². The zero-order valence-corrected chi connectivity index (χ0v) is 15.2. The van der Waals surface area contributed by atoms with Crippen molar-refractivity contribution in [2.24, 2.45) is 0 Å². The lowest BCUT2D eigenvalue weighted by Gasteiger charge is -2.11. The molecule has 130 valence electrons. The van der Waals surface area contributed by atoms with E-state index in [2.05, 4.69) is 44.3 Å². The van der Waals surface area contributed by atoms with Crippen LogP contribution < -0.4 is 16.2 Å². The lowest BCUT2D eigenvalue weighted by molar-refractivity contribution is 0.285. The van der Waals surface area contributed by atoms with E-state index in [1.807, 2.05) is 18.2 Å². The summed E-state index contributed by atoms with van der Waals surface area (Å²) in [6, 6.07) is 12.3. The van der Waals surface area contributed by atoms with Gasteiger partial charge in [0.05, 0.1) is 10.2 Å². The van der Waals surface area contributed by atoms with Crippen molar-refractivity contribution in [1.29, 1.82) is 0 Å². The zero-order valence-electron chi connectivity index (χ0n) is 13.5. The number of hydrogen-bond acceptors (Lipinski definition) is 6. The van der Waals surface area contributed by atoms with E-state index in [4.69, 9.17) is 17.3 Å². The monoisotopic (exact) mass is 373 g/mol. The van der Waals surface area contributed by atoms with Crippen molar-refractivity contribution < 1.29 is 5.11 Å². The number of aromatic nitrogens is 2. The SMILES string of the molecule is OCCCCNC(=S)NNc1ncnc2cc(-c3ccccc3)sc12. The lowest BCUT2D eigenvalue weighted by Crippen LogP contribution is -2.39. The number of unbranched alkanes of at least 4 members (excludes halogenated alkanes) is 1. The molecular weight excluding hydrogens is 354 g/mol. The predicted octanol–water partition coefficient (Wildman–Crippen LogP) is 2.92. The second-order valence-corrected chi connectivity index (χ2v) is 6.81. The summed E-state index contributed by atoms with van der Waals surface area (Å²) in [6.07, 6.45) is 3.15. The Morgan fingerprint density at radius 1 is 1.16 bits per heavy atom. The molecule has 1 aromatic carbocycles. The third-order valence-electron chi connectivity index (χ3n) is 3.53. The first-order chi connectivity index (χ1) is 12.3. The second-order valence-electron chi connectivity index (χ2n) is 5.35. The van der Waals surface area contributed by atoms with Crippen molar-refractivity contribution in [3.63, 3.8) is 0 Å². The molecule has 2 heterocycles. The van der Waals surface area contributed by atoms with Gasteiger partial charge < -0.3 is 10.4 Å². The standard InChI is InChI=1S/C17H19N5OS2/c23-9-5-4-8-18-17(24)22-21-16-15-13(19-11-20-16)10-14(25-15)12-6-2-1-3-7-12/h1-3,6-7,10-11,23H,4-5,8-9H2,(H2,18,22,24)(H,19,20,21). The maximum Gasteiger partial charge on any atom is 0.185 e. The summed E-state index contributed by atoms with van der Waals surface area (Å²) in [6.45, 7) is 0.908. The minimum absolute atomic E-state index is 0.196. The van der Waals surface area contributed by atoms with Gasteiger partial charge in [0.25, 0.3) is 0 Å². The number of thiophene rings is 1. The molecule has 4 N–H and O–H groups in total. The van der Waals surface area contributed by atoms with Crippen LogP contribution >= 0.6 is 23.6 Å². The molecule has 0 atom stereocenters. The Morgan fingerprint density at radius 3 is 2.80 bits per heavy atom. The van der Waals surface area contributed by atoms with Gasteiger partial charge in [0.2, 0.25) is 0 Å². The summed E-state index contributed by atoms with van der Waals surface area (Å²) in [4.78, 5) is 9.79. The maximum absolute atomic E-state index is 8.77. The van der Waals surface area contributed by atoms with Crippen LogP contribution in [-0.4, -0.2) is 33.3 Å². The second kappa shape index (κ2) is 8.70. The highest BCUT2D eigenvalue weighted by Crippen LogP contribution is 2.35. The summed E-state index contributed by atoms with van der Waals surface area (Å²) in [5.41, 5.74) is 8.04. The predicted molar refractivity (Wildman–Crippen MR) is 107 cm³/mol. The van der Waals surface area contributed by atoms with Crippen molar-refractivity contribution in [1.82, 2.24) is 20.7 Å². The summed E-state index contributed by atoms with van der Waals surface area (Å²) < 4.78 is 0.969. The fraction of sp³-hybridized carbons (Fsp3) is 0.235. The van der Waals surface area contributed by atoms with E-state index in [0.29, 0.717) is 17.5 Å². The van der Waals surface area contributed by atoms with Crippen molar-refractivity contribution in [3.8, 4) is 10.4 Å². The van der Waals surface area contributed by atoms with E-state index >= 15 is 0 Å². The number of hydrazine groups is 1. The molecule has 0 bridgehead atoms. The van der Waals surface area contributed by atoms with Gasteiger partial charge in [0.1, 0.15) is 6.33 Å². The topological polar surface area (TPSA) is 82.1 Å². The van der Waals surface area contributed by atoms with Gasteiger partial charge in [-0.15, -0.1) is 11.3 Å². The van der Waals surface area contributed by atoms with Crippen molar-refractivity contribution in [2.45, 2.75) is 12.8 Å². The van der Waals surface area contributed by atoms with Crippen LogP contribution in [0.5, 0.6) is 0 Å². The summed E-state index contributed by atoms with van der Waals surface area (Å²) in [5, 5.41) is 12.3. The van der Waals surface area contributed by atoms with Gasteiger partial charge in [-0.05, 0) is 36.7 Å². The Bertz CT molecular complexity index is 837. The summed E-state index contributed by atoms with van der Waals surface area (Å²) in [7, 11) is 0. The maximum atomic E-state index is 8.77. The van der Waals surface area contributed by atoms with Gasteiger partial charge in [-0.1, -0.05) is 30.3 Å². The van der Waals surface area contributed by atoms with Crippen LogP contribution in [0.3, 0.4) is 0 Å². The molecule has 0 saturated carbocycles. The Hall–Kier alpha value is -2.29. The third kappa shape index (κ3) is 4.62. The molecule has 0 aliphatic carbocycles. The molecule has 2 aromatic heterocycles. The molecule has 0 aliphatic rings. The molecule has 0 aliphatic heterocycles. The first-order valence-electron chi connectivity index (χ1n) is 7.98. The molecular formula is C17H19N5OS2. The molecule has 0 unspecified atom stereocenters. The fourth-order valence-electron chi connectivity index (χ4n) is 2.29. The van der Waals surface area contributed by atoms with E-state index in [9.17, 15) is 0 Å².